The zero-order chi connectivity index (χ0) is 15.4. The van der Waals surface area contributed by atoms with Crippen molar-refractivity contribution in [3.63, 3.8) is 0 Å². The van der Waals surface area contributed by atoms with Gasteiger partial charge in [-0.05, 0) is 42.5 Å². The first-order valence-electron chi connectivity index (χ1n) is 5.88. The van der Waals surface area contributed by atoms with Crippen LogP contribution >= 0.6 is 11.6 Å². The van der Waals surface area contributed by atoms with Crippen LogP contribution in [0.25, 0.3) is 0 Å². The van der Waals surface area contributed by atoms with Crippen molar-refractivity contribution in [2.75, 3.05) is 16.4 Å². The molecule has 5 nitrogen and oxygen atoms in total. The molecule has 7 heteroatoms. The van der Waals surface area contributed by atoms with Crippen molar-refractivity contribution in [1.82, 2.24) is 0 Å². The quantitative estimate of drug-likeness (QED) is 0.589. The average molecular weight is 308 g/mol. The maximum absolute atomic E-state index is 12.7. The van der Waals surface area contributed by atoms with E-state index >= 15 is 0 Å². The highest BCUT2D eigenvalue weighted by Crippen LogP contribution is 2.22. The predicted molar refractivity (Wildman–Crippen MR) is 79.5 cm³/mol. The summed E-state index contributed by atoms with van der Waals surface area (Å²) in [4.78, 5) is 23.4. The molecule has 0 aromatic heterocycles. The molecule has 21 heavy (non-hydrogen) atoms. The molecule has 0 saturated heterocycles. The number of benzene rings is 2. The Hall–Kier alpha value is -2.60. The standard InChI is InChI=1S/C14H11ClFN3O2/c15-11-7-10(5-6-12(11)17)19-14(21)13(20)18-9-3-1-8(16)2-4-9/h1-7H,17H2,(H,18,20)(H,19,21). The third-order valence-electron chi connectivity index (χ3n) is 2.57. The van der Waals surface area contributed by atoms with E-state index in [1.165, 1.54) is 42.5 Å². The van der Waals surface area contributed by atoms with Gasteiger partial charge in [0.05, 0.1) is 10.7 Å². The number of hydrogen-bond acceptors (Lipinski definition) is 3. The van der Waals surface area contributed by atoms with Crippen molar-refractivity contribution in [1.29, 1.82) is 0 Å². The lowest BCUT2D eigenvalue weighted by atomic mass is 10.2. The van der Waals surface area contributed by atoms with Crippen LogP contribution < -0.4 is 16.4 Å². The molecule has 0 atom stereocenters. The van der Waals surface area contributed by atoms with E-state index in [1.54, 1.807) is 0 Å². The van der Waals surface area contributed by atoms with E-state index in [1.807, 2.05) is 0 Å². The van der Waals surface area contributed by atoms with Crippen molar-refractivity contribution < 1.29 is 14.0 Å². The van der Waals surface area contributed by atoms with Crippen LogP contribution in [0.2, 0.25) is 5.02 Å². The van der Waals surface area contributed by atoms with Crippen LogP contribution in [-0.4, -0.2) is 11.8 Å². The van der Waals surface area contributed by atoms with E-state index in [-0.39, 0.29) is 5.02 Å². The summed E-state index contributed by atoms with van der Waals surface area (Å²) in [5.74, 6) is -2.19. The Kier molecular flexibility index (Phi) is 4.39. The summed E-state index contributed by atoms with van der Waals surface area (Å²) in [6, 6.07) is 9.50. The van der Waals surface area contributed by atoms with Gasteiger partial charge in [0.15, 0.2) is 0 Å². The SMILES string of the molecule is Nc1ccc(NC(=O)C(=O)Nc2ccc(F)cc2)cc1Cl. The molecule has 0 spiro atoms. The second-order valence-electron chi connectivity index (χ2n) is 4.15. The maximum atomic E-state index is 12.7. The molecule has 0 aliphatic rings. The summed E-state index contributed by atoms with van der Waals surface area (Å²) in [5, 5.41) is 4.99. The van der Waals surface area contributed by atoms with Crippen molar-refractivity contribution in [2.24, 2.45) is 0 Å². The van der Waals surface area contributed by atoms with Crippen molar-refractivity contribution in [3.8, 4) is 0 Å². The summed E-state index contributed by atoms with van der Waals surface area (Å²) < 4.78 is 12.7. The van der Waals surface area contributed by atoms with Gasteiger partial charge in [0.2, 0.25) is 0 Å². The molecule has 0 bridgehead atoms. The zero-order valence-corrected chi connectivity index (χ0v) is 11.4. The van der Waals surface area contributed by atoms with E-state index in [9.17, 15) is 14.0 Å². The molecule has 4 N–H and O–H groups in total. The fraction of sp³-hybridized carbons (Fsp3) is 0. The number of nitrogens with two attached hydrogens (primary N) is 1. The molecule has 2 aromatic rings. The Bertz CT molecular complexity index is 689. The number of nitrogen functional groups attached to an aromatic ring is 1. The molecule has 2 rings (SSSR count). The lowest BCUT2D eigenvalue weighted by molar-refractivity contribution is -0.132. The fourth-order valence-corrected chi connectivity index (χ4v) is 1.69. The van der Waals surface area contributed by atoms with Crippen LogP contribution in [0.4, 0.5) is 21.5 Å². The van der Waals surface area contributed by atoms with Gasteiger partial charge < -0.3 is 16.4 Å². The minimum atomic E-state index is -0.880. The Labute approximate surface area is 124 Å². The van der Waals surface area contributed by atoms with E-state index in [2.05, 4.69) is 10.6 Å². The van der Waals surface area contributed by atoms with Gasteiger partial charge in [0.1, 0.15) is 5.82 Å². The number of hydrogen-bond donors (Lipinski definition) is 3. The molecule has 2 amide bonds. The summed E-state index contributed by atoms with van der Waals surface area (Å²) in [6.07, 6.45) is 0. The van der Waals surface area contributed by atoms with Gasteiger partial charge in [0, 0.05) is 11.4 Å². The van der Waals surface area contributed by atoms with E-state index < -0.39 is 17.6 Å². The second kappa shape index (κ2) is 6.23. The van der Waals surface area contributed by atoms with Crippen molar-refractivity contribution >= 4 is 40.5 Å². The lowest BCUT2D eigenvalue weighted by Crippen LogP contribution is -2.29. The van der Waals surface area contributed by atoms with Crippen LogP contribution in [0.3, 0.4) is 0 Å². The van der Waals surface area contributed by atoms with Gasteiger partial charge in [-0.1, -0.05) is 11.6 Å². The zero-order valence-electron chi connectivity index (χ0n) is 10.7. The van der Waals surface area contributed by atoms with Gasteiger partial charge in [-0.2, -0.15) is 0 Å². The second-order valence-corrected chi connectivity index (χ2v) is 4.56. The Morgan fingerprint density at radius 1 is 0.952 bits per heavy atom. The van der Waals surface area contributed by atoms with Gasteiger partial charge in [0.25, 0.3) is 0 Å². The summed E-state index contributed by atoms with van der Waals surface area (Å²) in [6.45, 7) is 0. The molecule has 2 aromatic carbocycles. The number of carbonyl (C=O) groups is 2. The molecule has 108 valence electrons. The molecule has 0 fully saturated rings. The fourth-order valence-electron chi connectivity index (χ4n) is 1.51. The third-order valence-corrected chi connectivity index (χ3v) is 2.89. The molecular formula is C14H11ClFN3O2. The van der Waals surface area contributed by atoms with Crippen LogP contribution in [0, 0.1) is 5.82 Å². The summed E-state index contributed by atoms with van der Waals surface area (Å²) in [7, 11) is 0. The summed E-state index contributed by atoms with van der Waals surface area (Å²) in [5.41, 5.74) is 6.56. The summed E-state index contributed by atoms with van der Waals surface area (Å²) >= 11 is 5.81. The first-order chi connectivity index (χ1) is 9.95. The molecule has 0 aliphatic carbocycles. The van der Waals surface area contributed by atoms with E-state index in [0.29, 0.717) is 17.1 Å². The Balaban J connectivity index is 2.00. The number of halogens is 2. The highest BCUT2D eigenvalue weighted by atomic mass is 35.5. The van der Waals surface area contributed by atoms with Crippen LogP contribution in [0.1, 0.15) is 0 Å². The molecule has 0 heterocycles. The number of rotatable bonds is 2. The topological polar surface area (TPSA) is 84.2 Å². The van der Waals surface area contributed by atoms with Gasteiger partial charge in [-0.25, -0.2) is 4.39 Å². The normalized spacial score (nSPS) is 10.0. The first kappa shape index (κ1) is 14.8. The minimum absolute atomic E-state index is 0.270. The van der Waals surface area contributed by atoms with Crippen LogP contribution in [-0.2, 0) is 9.59 Å². The van der Waals surface area contributed by atoms with Gasteiger partial charge in [-0.15, -0.1) is 0 Å². The maximum Gasteiger partial charge on any atom is 0.314 e. The average Bonchev–Trinajstić information content (AvgIpc) is 2.45. The van der Waals surface area contributed by atoms with E-state index in [0.717, 1.165) is 0 Å². The van der Waals surface area contributed by atoms with Crippen LogP contribution in [0.15, 0.2) is 42.5 Å². The molecule has 0 saturated carbocycles. The first-order valence-corrected chi connectivity index (χ1v) is 6.26. The van der Waals surface area contributed by atoms with E-state index in [4.69, 9.17) is 17.3 Å². The largest absolute Gasteiger partial charge is 0.398 e. The monoisotopic (exact) mass is 307 g/mol. The molecular weight excluding hydrogens is 297 g/mol. The number of nitrogens with one attached hydrogen (secondary N) is 2. The number of amides is 2. The lowest BCUT2D eigenvalue weighted by Gasteiger charge is -2.07. The van der Waals surface area contributed by atoms with Gasteiger partial charge >= 0.3 is 11.8 Å². The molecule has 0 unspecified atom stereocenters. The highest BCUT2D eigenvalue weighted by molar-refractivity contribution is 6.43. The molecule has 0 radical (unpaired) electrons. The van der Waals surface area contributed by atoms with Crippen LogP contribution in [0.5, 0.6) is 0 Å². The van der Waals surface area contributed by atoms with Crippen molar-refractivity contribution in [3.05, 3.63) is 53.3 Å². The molecule has 0 aliphatic heterocycles. The predicted octanol–water partition coefficient (Wildman–Crippen LogP) is 2.64. The van der Waals surface area contributed by atoms with Gasteiger partial charge in [-0.3, -0.25) is 9.59 Å². The van der Waals surface area contributed by atoms with Crippen molar-refractivity contribution in [2.45, 2.75) is 0 Å². The Morgan fingerprint density at radius 2 is 1.48 bits per heavy atom. The minimum Gasteiger partial charge on any atom is -0.398 e. The highest BCUT2D eigenvalue weighted by Gasteiger charge is 2.14. The third kappa shape index (κ3) is 3.93. The Morgan fingerprint density at radius 3 is 2.05 bits per heavy atom. The number of carbonyl (C=O) groups excluding carboxylic acids is 2. The number of anilines is 3. The smallest absolute Gasteiger partial charge is 0.314 e.